The lowest BCUT2D eigenvalue weighted by molar-refractivity contribution is 0.313. The van der Waals surface area contributed by atoms with E-state index < -0.39 is 0 Å². The molecule has 0 spiro atoms. The van der Waals surface area contributed by atoms with Gasteiger partial charge in [-0.15, -0.1) is 0 Å². The summed E-state index contributed by atoms with van der Waals surface area (Å²) in [6, 6.07) is 14.1. The molecule has 0 aliphatic carbocycles. The third-order valence-electron chi connectivity index (χ3n) is 3.97. The molecule has 4 heteroatoms. The van der Waals surface area contributed by atoms with Gasteiger partial charge in [-0.3, -0.25) is 0 Å². The van der Waals surface area contributed by atoms with Crippen LogP contribution in [0.5, 0.6) is 0 Å². The molecule has 2 nitrogen and oxygen atoms in total. The predicted molar refractivity (Wildman–Crippen MR) is 91.6 cm³/mol. The standard InChI is InChI=1S/C17H18Cl2N2/c1-20-8-10-21(11-9-20)14-5-2-4-13(12-14)17-15(18)6-3-7-16(17)19/h2-7,12H,8-11H2,1H3. The maximum Gasteiger partial charge on any atom is 0.0499 e. The lowest BCUT2D eigenvalue weighted by Crippen LogP contribution is -2.44. The van der Waals surface area contributed by atoms with E-state index in [9.17, 15) is 0 Å². The Hall–Kier alpha value is -1.22. The number of nitrogens with zero attached hydrogens (tertiary/aromatic N) is 2. The largest absolute Gasteiger partial charge is 0.369 e. The molecular weight excluding hydrogens is 303 g/mol. The van der Waals surface area contributed by atoms with Crippen molar-refractivity contribution in [3.05, 3.63) is 52.5 Å². The third kappa shape index (κ3) is 3.18. The van der Waals surface area contributed by atoms with Crippen LogP contribution in [0.4, 0.5) is 5.69 Å². The van der Waals surface area contributed by atoms with Gasteiger partial charge in [0, 0.05) is 47.5 Å². The second-order valence-corrected chi connectivity index (χ2v) is 6.25. The zero-order valence-corrected chi connectivity index (χ0v) is 13.5. The van der Waals surface area contributed by atoms with Crippen LogP contribution in [0.3, 0.4) is 0 Å². The van der Waals surface area contributed by atoms with Gasteiger partial charge in [0.25, 0.3) is 0 Å². The number of piperazine rings is 1. The molecule has 1 heterocycles. The van der Waals surface area contributed by atoms with Crippen molar-refractivity contribution < 1.29 is 0 Å². The van der Waals surface area contributed by atoms with Crippen LogP contribution in [-0.2, 0) is 0 Å². The summed E-state index contributed by atoms with van der Waals surface area (Å²) >= 11 is 12.6. The molecule has 1 aliphatic heterocycles. The lowest BCUT2D eigenvalue weighted by Gasteiger charge is -2.34. The van der Waals surface area contributed by atoms with E-state index in [1.54, 1.807) is 0 Å². The SMILES string of the molecule is CN1CCN(c2cccc(-c3c(Cl)cccc3Cl)c2)CC1. The minimum Gasteiger partial charge on any atom is -0.369 e. The number of halogens is 2. The van der Waals surface area contributed by atoms with Gasteiger partial charge in [0.2, 0.25) is 0 Å². The first-order valence-electron chi connectivity index (χ1n) is 7.13. The molecule has 2 aromatic rings. The van der Waals surface area contributed by atoms with Crippen molar-refractivity contribution in [2.24, 2.45) is 0 Å². The first-order valence-corrected chi connectivity index (χ1v) is 7.89. The summed E-state index contributed by atoms with van der Waals surface area (Å²) in [6.45, 7) is 4.29. The van der Waals surface area contributed by atoms with Gasteiger partial charge in [-0.1, -0.05) is 41.4 Å². The molecule has 2 aromatic carbocycles. The molecule has 0 N–H and O–H groups in total. The quantitative estimate of drug-likeness (QED) is 0.808. The van der Waals surface area contributed by atoms with E-state index in [0.29, 0.717) is 10.0 Å². The smallest absolute Gasteiger partial charge is 0.0499 e. The molecule has 3 rings (SSSR count). The molecule has 1 fully saturated rings. The Morgan fingerprint density at radius 1 is 0.857 bits per heavy atom. The lowest BCUT2D eigenvalue weighted by atomic mass is 10.0. The number of benzene rings is 2. The average Bonchev–Trinajstić information content (AvgIpc) is 2.48. The van der Waals surface area contributed by atoms with Crippen LogP contribution in [0.15, 0.2) is 42.5 Å². The van der Waals surface area contributed by atoms with Gasteiger partial charge in [-0.25, -0.2) is 0 Å². The summed E-state index contributed by atoms with van der Waals surface area (Å²) in [7, 11) is 2.16. The van der Waals surface area contributed by atoms with E-state index in [-0.39, 0.29) is 0 Å². The molecular formula is C17H18Cl2N2. The van der Waals surface area contributed by atoms with Crippen LogP contribution in [-0.4, -0.2) is 38.1 Å². The van der Waals surface area contributed by atoms with Crippen LogP contribution >= 0.6 is 23.2 Å². The van der Waals surface area contributed by atoms with E-state index in [2.05, 4.69) is 41.1 Å². The van der Waals surface area contributed by atoms with Crippen molar-refractivity contribution in [1.29, 1.82) is 0 Å². The van der Waals surface area contributed by atoms with Crippen molar-refractivity contribution in [2.75, 3.05) is 38.1 Å². The summed E-state index contributed by atoms with van der Waals surface area (Å²) in [4.78, 5) is 4.76. The van der Waals surface area contributed by atoms with Crippen LogP contribution in [0, 0.1) is 0 Å². The van der Waals surface area contributed by atoms with Crippen LogP contribution < -0.4 is 4.90 Å². The number of hydrogen-bond donors (Lipinski definition) is 0. The van der Waals surface area contributed by atoms with Crippen LogP contribution in [0.1, 0.15) is 0 Å². The van der Waals surface area contributed by atoms with E-state index in [1.165, 1.54) is 5.69 Å². The normalized spacial score (nSPS) is 16.2. The number of hydrogen-bond acceptors (Lipinski definition) is 2. The van der Waals surface area contributed by atoms with E-state index in [4.69, 9.17) is 23.2 Å². The van der Waals surface area contributed by atoms with Crippen molar-refractivity contribution >= 4 is 28.9 Å². The van der Waals surface area contributed by atoms with Crippen molar-refractivity contribution in [2.45, 2.75) is 0 Å². The minimum atomic E-state index is 0.693. The fraction of sp³-hybridized carbons (Fsp3) is 0.294. The zero-order chi connectivity index (χ0) is 14.8. The monoisotopic (exact) mass is 320 g/mol. The van der Waals surface area contributed by atoms with Gasteiger partial charge in [-0.05, 0) is 36.9 Å². The molecule has 0 saturated carbocycles. The second-order valence-electron chi connectivity index (χ2n) is 5.44. The van der Waals surface area contributed by atoms with Crippen LogP contribution in [0.25, 0.3) is 11.1 Å². The van der Waals surface area contributed by atoms with Gasteiger partial charge >= 0.3 is 0 Å². The van der Waals surface area contributed by atoms with Crippen molar-refractivity contribution in [1.82, 2.24) is 4.90 Å². The predicted octanol–water partition coefficient (Wildman–Crippen LogP) is 4.41. The molecule has 0 aromatic heterocycles. The molecule has 21 heavy (non-hydrogen) atoms. The van der Waals surface area contributed by atoms with E-state index in [0.717, 1.165) is 37.3 Å². The van der Waals surface area contributed by atoms with Gasteiger partial charge < -0.3 is 9.80 Å². The Morgan fingerprint density at radius 2 is 1.48 bits per heavy atom. The van der Waals surface area contributed by atoms with Gasteiger partial charge in [0.1, 0.15) is 0 Å². The summed E-state index contributed by atoms with van der Waals surface area (Å²) < 4.78 is 0. The molecule has 110 valence electrons. The Balaban J connectivity index is 1.93. The van der Waals surface area contributed by atoms with Gasteiger partial charge in [0.15, 0.2) is 0 Å². The fourth-order valence-electron chi connectivity index (χ4n) is 2.70. The topological polar surface area (TPSA) is 6.48 Å². The fourth-order valence-corrected chi connectivity index (χ4v) is 3.31. The Bertz CT molecular complexity index is 614. The van der Waals surface area contributed by atoms with Crippen molar-refractivity contribution in [3.8, 4) is 11.1 Å². The Labute approximate surface area is 135 Å². The summed E-state index contributed by atoms with van der Waals surface area (Å²) in [5, 5.41) is 1.39. The number of likely N-dealkylation sites (N-methyl/N-ethyl adjacent to an activating group) is 1. The highest BCUT2D eigenvalue weighted by atomic mass is 35.5. The summed E-state index contributed by atoms with van der Waals surface area (Å²) in [5.41, 5.74) is 3.22. The zero-order valence-electron chi connectivity index (χ0n) is 12.0. The molecule has 0 bridgehead atoms. The van der Waals surface area contributed by atoms with Gasteiger partial charge in [-0.2, -0.15) is 0 Å². The highest BCUT2D eigenvalue weighted by Crippen LogP contribution is 2.36. The number of anilines is 1. The first-order chi connectivity index (χ1) is 10.1. The molecule has 1 saturated heterocycles. The highest BCUT2D eigenvalue weighted by Gasteiger charge is 2.15. The third-order valence-corrected chi connectivity index (χ3v) is 4.60. The minimum absolute atomic E-state index is 0.693. The average molecular weight is 321 g/mol. The Morgan fingerprint density at radius 3 is 2.14 bits per heavy atom. The maximum absolute atomic E-state index is 6.32. The van der Waals surface area contributed by atoms with Gasteiger partial charge in [0.05, 0.1) is 0 Å². The number of rotatable bonds is 2. The molecule has 0 radical (unpaired) electrons. The van der Waals surface area contributed by atoms with E-state index >= 15 is 0 Å². The molecule has 0 atom stereocenters. The first kappa shape index (κ1) is 14.7. The van der Waals surface area contributed by atoms with E-state index in [1.807, 2.05) is 18.2 Å². The van der Waals surface area contributed by atoms with Crippen molar-refractivity contribution in [3.63, 3.8) is 0 Å². The van der Waals surface area contributed by atoms with Crippen LogP contribution in [0.2, 0.25) is 10.0 Å². The Kier molecular flexibility index (Phi) is 4.39. The highest BCUT2D eigenvalue weighted by molar-refractivity contribution is 6.39. The summed E-state index contributed by atoms with van der Waals surface area (Å²) in [6.07, 6.45) is 0. The maximum atomic E-state index is 6.32. The summed E-state index contributed by atoms with van der Waals surface area (Å²) in [5.74, 6) is 0. The molecule has 0 unspecified atom stereocenters. The molecule has 1 aliphatic rings. The molecule has 0 amide bonds. The second kappa shape index (κ2) is 6.27.